The van der Waals surface area contributed by atoms with E-state index in [2.05, 4.69) is 138 Å². The minimum atomic E-state index is -3.42. The van der Waals surface area contributed by atoms with E-state index >= 15 is 0 Å². The van der Waals surface area contributed by atoms with Crippen molar-refractivity contribution in [3.05, 3.63) is 267 Å². The van der Waals surface area contributed by atoms with Crippen molar-refractivity contribution < 1.29 is 38.5 Å². The molecule has 0 aliphatic rings. The quantitative estimate of drug-likeness (QED) is 0.0603. The molecule has 0 spiro atoms. The first kappa shape index (κ1) is 78.2. The highest BCUT2D eigenvalue weighted by molar-refractivity contribution is 9.12. The number of hydrogen-bond donors (Lipinski definition) is 0. The maximum atomic E-state index is 11.9. The van der Waals surface area contributed by atoms with Crippen LogP contribution in [-0.2, 0) is 29.5 Å². The molecule has 9 heterocycles. The van der Waals surface area contributed by atoms with Gasteiger partial charge in [0.25, 0.3) is 5.89 Å². The third kappa shape index (κ3) is 17.9. The number of rotatable bonds is 17. The van der Waals surface area contributed by atoms with Crippen molar-refractivity contribution in [2.24, 2.45) is 0 Å². The van der Waals surface area contributed by atoms with Crippen LogP contribution in [0, 0.1) is 45.8 Å². The average molecular weight is 1750 g/mol. The van der Waals surface area contributed by atoms with Gasteiger partial charge in [0.2, 0.25) is 35.3 Å². The van der Waals surface area contributed by atoms with Gasteiger partial charge in [-0.15, -0.1) is 56.1 Å². The number of sulfone groups is 3. The number of benzene rings is 6. The molecule has 0 N–H and O–H groups in total. The second-order valence-corrected chi connectivity index (χ2v) is 32.9. The fourth-order valence-corrected chi connectivity index (χ4v) is 13.7. The van der Waals surface area contributed by atoms with E-state index in [-0.39, 0.29) is 44.1 Å². The Labute approximate surface area is 673 Å². The van der Waals surface area contributed by atoms with Gasteiger partial charge >= 0.3 is 0 Å². The highest BCUT2D eigenvalue weighted by Gasteiger charge is 2.33. The van der Waals surface area contributed by atoms with Crippen LogP contribution in [0.4, 0.5) is 0 Å². The second kappa shape index (κ2) is 33.7. The summed E-state index contributed by atoms with van der Waals surface area (Å²) in [6.45, 7) is 0. The number of para-hydroxylation sites is 3. The Bertz CT molecular complexity index is 6670. The molecule has 0 saturated heterocycles. The monoisotopic (exact) mass is 1740 g/mol. The molecule has 2 unspecified atom stereocenters. The van der Waals surface area contributed by atoms with Gasteiger partial charge < -0.3 is 13.3 Å². The summed E-state index contributed by atoms with van der Waals surface area (Å²) in [6.07, 6.45) is 10.4. The van der Waals surface area contributed by atoms with E-state index in [0.29, 0.717) is 123 Å². The zero-order valence-electron chi connectivity index (χ0n) is 58.0. The van der Waals surface area contributed by atoms with Crippen molar-refractivity contribution in [2.45, 2.75) is 24.3 Å². The molecule has 0 aliphatic carbocycles. The molecule has 2 atom stereocenters. The van der Waals surface area contributed by atoms with Crippen LogP contribution in [0.5, 0.6) is 0 Å². The number of hydrogen-bond acceptors (Lipinski definition) is 27. The lowest BCUT2D eigenvalue weighted by Crippen LogP contribution is -2.10. The standard InChI is InChI=1S/C25H16Br2ClN7O3S.C25H16ClN7O3S.C25H14ClN7O3S/c1-39(36,37)16-10-11-18(30-13-16)22-31-32-23(35(22)19-5-3-2-4-17(19)28)20(26)21(27)25-34-33-24(38-25)15-8-6-14(12-29)7-9-15;2*1-37(34,35)18-10-11-20(28-15-18)24-31-29-22(33(24)21-5-3-2-4-19(21)26)12-13-23-30-32-25(36-23)17-8-6-16(14-27)7-9-17/h2-11,13,20-21H,1H3;2-13,15H,1H3;2-11,15H,1H3/b;13-12+;. The summed E-state index contributed by atoms with van der Waals surface area (Å²) < 4.78 is 93.4. The predicted molar refractivity (Wildman–Crippen MR) is 420 cm³/mol. The van der Waals surface area contributed by atoms with Gasteiger partial charge in [0.05, 0.1) is 86.5 Å². The normalized spacial score (nSPS) is 11.9. The molecule has 0 fully saturated rings. The molecule has 0 aliphatic heterocycles. The SMILES string of the molecule is CS(=O)(=O)c1ccc(-c2nnc(/C=C/c3nnc(-c4ccc(C#N)cc4)o3)n2-c2ccccc2Cl)nc1.CS(=O)(=O)c1ccc(-c2nnc(C#Cc3nnc(-c4ccc(C#N)cc4)o3)n2-c2ccccc2Cl)nc1.CS(=O)(=O)c1ccc(-c2nnc(C(Br)C(Br)c3nnc(-c4ccc(C#N)cc4)o3)n2-c2ccccc2Cl)nc1. The van der Waals surface area contributed by atoms with Crippen LogP contribution in [0.1, 0.15) is 61.5 Å². The topological polar surface area (TPSA) is 421 Å². The molecule has 0 saturated carbocycles. The molecule has 0 bridgehead atoms. The van der Waals surface area contributed by atoms with Crippen molar-refractivity contribution in [2.75, 3.05) is 18.8 Å². The first-order valence-electron chi connectivity index (χ1n) is 32.4. The third-order valence-corrected chi connectivity index (χ3v) is 22.8. The van der Waals surface area contributed by atoms with E-state index in [0.717, 1.165) is 18.8 Å². The minimum Gasteiger partial charge on any atom is -0.419 e. The number of aromatic nitrogens is 18. The van der Waals surface area contributed by atoms with Crippen LogP contribution in [0.2, 0.25) is 15.1 Å². The van der Waals surface area contributed by atoms with E-state index in [4.69, 9.17) is 63.8 Å². The van der Waals surface area contributed by atoms with E-state index in [1.165, 1.54) is 42.9 Å². The number of pyridine rings is 3. The van der Waals surface area contributed by atoms with Crippen molar-refractivity contribution >= 4 is 108 Å². The first-order valence-corrected chi connectivity index (χ1v) is 41.1. The summed E-state index contributed by atoms with van der Waals surface area (Å²) >= 11 is 26.8. The second-order valence-electron chi connectivity index (χ2n) is 23.7. The molecule has 38 heteroatoms. The molecule has 6 aromatic carbocycles. The van der Waals surface area contributed by atoms with Gasteiger partial charge in [-0.05, 0) is 158 Å². The highest BCUT2D eigenvalue weighted by atomic mass is 79.9. The summed E-state index contributed by atoms with van der Waals surface area (Å²) in [5.41, 5.74) is 6.46. The van der Waals surface area contributed by atoms with Crippen LogP contribution in [-0.4, -0.2) is 134 Å². The van der Waals surface area contributed by atoms with Crippen molar-refractivity contribution in [1.29, 1.82) is 15.8 Å². The molecule has 0 radical (unpaired) electrons. The lowest BCUT2D eigenvalue weighted by atomic mass is 10.1. The zero-order valence-corrected chi connectivity index (χ0v) is 65.9. The predicted octanol–water partition coefficient (Wildman–Crippen LogP) is 14.1. The largest absolute Gasteiger partial charge is 0.419 e. The molecule has 15 aromatic rings. The summed E-state index contributed by atoms with van der Waals surface area (Å²) in [4.78, 5) is 12.1. The summed E-state index contributed by atoms with van der Waals surface area (Å²) in [6, 6.07) is 56.9. The Hall–Kier alpha value is -12.9. The van der Waals surface area contributed by atoms with Crippen molar-refractivity contribution in [1.82, 2.24) is 89.8 Å². The van der Waals surface area contributed by atoms with Gasteiger partial charge in [0.1, 0.15) is 21.9 Å². The lowest BCUT2D eigenvalue weighted by Gasteiger charge is -2.17. The maximum absolute atomic E-state index is 11.9. The molecule has 30 nitrogen and oxygen atoms in total. The summed E-state index contributed by atoms with van der Waals surface area (Å²) in [7, 11) is -10.2. The fraction of sp³-hybridized carbons (Fsp3) is 0.0667. The van der Waals surface area contributed by atoms with Gasteiger partial charge in [-0.2, -0.15) is 15.8 Å². The molecular formula is C75H46Br2Cl3N21O9S3. The molecule has 15 rings (SSSR count). The Morgan fingerprint density at radius 1 is 0.398 bits per heavy atom. The molecule has 9 aromatic heterocycles. The van der Waals surface area contributed by atoms with Gasteiger partial charge in [0, 0.05) is 66.0 Å². The Morgan fingerprint density at radius 3 is 1.25 bits per heavy atom. The van der Waals surface area contributed by atoms with Crippen molar-refractivity contribution in [3.63, 3.8) is 0 Å². The lowest BCUT2D eigenvalue weighted by molar-refractivity contribution is 0.499. The van der Waals surface area contributed by atoms with Crippen LogP contribution in [0.25, 0.3) is 98.1 Å². The molecule has 0 amide bonds. The number of alkyl halides is 2. The average Bonchev–Trinajstić information content (AvgIpc) is 1.64. The number of halogens is 5. The van der Waals surface area contributed by atoms with E-state index in [9.17, 15) is 25.3 Å². The van der Waals surface area contributed by atoms with Gasteiger partial charge in [-0.25, -0.2) is 25.3 Å². The van der Waals surface area contributed by atoms with Crippen LogP contribution >= 0.6 is 66.7 Å². The third-order valence-electron chi connectivity index (χ3n) is 16.0. The molecular weight excluding hydrogens is 1700 g/mol. The molecule has 113 heavy (non-hydrogen) atoms. The zero-order chi connectivity index (χ0) is 79.7. The summed E-state index contributed by atoms with van der Waals surface area (Å²) in [5, 5.41) is 78.4. The van der Waals surface area contributed by atoms with Gasteiger partial charge in [-0.1, -0.05) is 108 Å². The van der Waals surface area contributed by atoms with Crippen LogP contribution < -0.4 is 0 Å². The van der Waals surface area contributed by atoms with Gasteiger partial charge in [0.15, 0.2) is 58.6 Å². The Morgan fingerprint density at radius 2 is 0.796 bits per heavy atom. The number of nitriles is 3. The fourth-order valence-electron chi connectivity index (χ4n) is 10.4. The Balaban J connectivity index is 0.000000148. The van der Waals surface area contributed by atoms with E-state index < -0.39 is 39.2 Å². The maximum Gasteiger partial charge on any atom is 0.294 e. The Kier molecular flexibility index (Phi) is 23.3. The first-order chi connectivity index (χ1) is 54.3. The van der Waals surface area contributed by atoms with E-state index in [1.807, 2.05) is 18.2 Å². The minimum absolute atomic E-state index is 0.0465. The number of nitrogens with zero attached hydrogens (tertiary/aromatic N) is 21. The van der Waals surface area contributed by atoms with Gasteiger partial charge in [-0.3, -0.25) is 28.7 Å². The summed E-state index contributed by atoms with van der Waals surface area (Å²) in [5.74, 6) is 9.15. The smallest absolute Gasteiger partial charge is 0.294 e. The highest BCUT2D eigenvalue weighted by Crippen LogP contribution is 2.44. The molecule has 558 valence electrons. The van der Waals surface area contributed by atoms with Crippen LogP contribution in [0.15, 0.2) is 229 Å². The van der Waals surface area contributed by atoms with Crippen LogP contribution in [0.3, 0.4) is 0 Å². The van der Waals surface area contributed by atoms with Crippen molar-refractivity contribution in [3.8, 4) is 116 Å². The van der Waals surface area contributed by atoms with E-state index in [1.54, 1.807) is 165 Å².